The molecule has 1 unspecified atom stereocenters. The molecule has 0 aliphatic carbocycles. The highest BCUT2D eigenvalue weighted by atomic mass is 32.1. The van der Waals surface area contributed by atoms with Gasteiger partial charge in [0.15, 0.2) is 0 Å². The Morgan fingerprint density at radius 3 is 2.70 bits per heavy atom. The summed E-state index contributed by atoms with van der Waals surface area (Å²) in [5, 5.41) is 5.76. The normalized spacial score (nSPS) is 16.9. The summed E-state index contributed by atoms with van der Waals surface area (Å²) in [5.74, 6) is 0. The maximum Gasteiger partial charge on any atom is 0.0642 e. The van der Waals surface area contributed by atoms with E-state index < -0.39 is 0 Å². The zero-order chi connectivity index (χ0) is 13.8. The van der Waals surface area contributed by atoms with E-state index in [9.17, 15) is 0 Å². The molecular formula is C16H20N2OS. The number of hydrogen-bond acceptors (Lipinski definition) is 4. The van der Waals surface area contributed by atoms with Gasteiger partial charge in [0.1, 0.15) is 0 Å². The fourth-order valence-corrected chi connectivity index (χ4v) is 3.25. The molecule has 1 atom stereocenters. The summed E-state index contributed by atoms with van der Waals surface area (Å²) in [6.45, 7) is 5.77. The molecule has 1 fully saturated rings. The van der Waals surface area contributed by atoms with E-state index in [1.165, 1.54) is 16.3 Å². The van der Waals surface area contributed by atoms with Crippen LogP contribution in [0.25, 0.3) is 0 Å². The van der Waals surface area contributed by atoms with Crippen molar-refractivity contribution >= 4 is 22.7 Å². The predicted octanol–water partition coefficient (Wildman–Crippen LogP) is 3.76. The van der Waals surface area contributed by atoms with Gasteiger partial charge in [-0.05, 0) is 30.5 Å². The molecule has 2 aromatic rings. The molecule has 1 aromatic heterocycles. The molecule has 3 nitrogen and oxygen atoms in total. The van der Waals surface area contributed by atoms with Crippen LogP contribution in [0.3, 0.4) is 0 Å². The maximum atomic E-state index is 5.44. The largest absolute Gasteiger partial charge is 0.378 e. The Kier molecular flexibility index (Phi) is 4.23. The summed E-state index contributed by atoms with van der Waals surface area (Å²) in [6, 6.07) is 13.2. The van der Waals surface area contributed by atoms with E-state index in [1.807, 2.05) is 0 Å². The Bertz CT molecular complexity index is 535. The van der Waals surface area contributed by atoms with Crippen molar-refractivity contribution in [3.8, 4) is 0 Å². The van der Waals surface area contributed by atoms with Crippen LogP contribution in [0.1, 0.15) is 17.8 Å². The quantitative estimate of drug-likeness (QED) is 0.927. The van der Waals surface area contributed by atoms with Crippen molar-refractivity contribution in [2.45, 2.75) is 13.0 Å². The average Bonchev–Trinajstić information content (AvgIpc) is 3.03. The molecule has 1 aliphatic heterocycles. The molecule has 2 heterocycles. The van der Waals surface area contributed by atoms with Crippen LogP contribution in [-0.2, 0) is 4.74 Å². The van der Waals surface area contributed by atoms with Gasteiger partial charge in [0.05, 0.1) is 30.6 Å². The minimum Gasteiger partial charge on any atom is -0.378 e. The number of rotatable bonds is 4. The molecular weight excluding hydrogens is 268 g/mol. The number of ether oxygens (including phenoxy) is 1. The van der Waals surface area contributed by atoms with E-state index in [0.29, 0.717) is 6.04 Å². The monoisotopic (exact) mass is 288 g/mol. The Morgan fingerprint density at radius 2 is 1.95 bits per heavy atom. The molecule has 106 valence electrons. The van der Waals surface area contributed by atoms with E-state index in [1.54, 1.807) is 11.3 Å². The third-order valence-electron chi connectivity index (χ3n) is 3.60. The van der Waals surface area contributed by atoms with E-state index in [4.69, 9.17) is 4.74 Å². The molecule has 1 aliphatic rings. The van der Waals surface area contributed by atoms with Crippen LogP contribution < -0.4 is 10.2 Å². The minimum atomic E-state index is 0.331. The number of nitrogens with zero attached hydrogens (tertiary/aromatic N) is 1. The van der Waals surface area contributed by atoms with Crippen LogP contribution >= 0.6 is 11.3 Å². The van der Waals surface area contributed by atoms with Crippen LogP contribution in [0.4, 0.5) is 11.4 Å². The highest BCUT2D eigenvalue weighted by Crippen LogP contribution is 2.30. The number of anilines is 2. The Balaban J connectivity index is 1.78. The molecule has 0 radical (unpaired) electrons. The van der Waals surface area contributed by atoms with Gasteiger partial charge in [-0.15, -0.1) is 11.3 Å². The average molecular weight is 288 g/mol. The number of benzene rings is 1. The van der Waals surface area contributed by atoms with Gasteiger partial charge < -0.3 is 15.0 Å². The van der Waals surface area contributed by atoms with Gasteiger partial charge in [-0.25, -0.2) is 0 Å². The van der Waals surface area contributed by atoms with Crippen molar-refractivity contribution in [2.24, 2.45) is 0 Å². The summed E-state index contributed by atoms with van der Waals surface area (Å²) in [5.41, 5.74) is 2.48. The molecule has 0 amide bonds. The SMILES string of the molecule is CC(Nc1ccccc1N1CCOCC1)c1cccs1. The van der Waals surface area contributed by atoms with Crippen LogP contribution in [0.2, 0.25) is 0 Å². The van der Waals surface area contributed by atoms with Gasteiger partial charge in [-0.3, -0.25) is 0 Å². The first-order valence-corrected chi connectivity index (χ1v) is 7.94. The van der Waals surface area contributed by atoms with Crippen molar-refractivity contribution in [2.75, 3.05) is 36.5 Å². The lowest BCUT2D eigenvalue weighted by Crippen LogP contribution is -2.36. The van der Waals surface area contributed by atoms with Crippen LogP contribution in [-0.4, -0.2) is 26.3 Å². The lowest BCUT2D eigenvalue weighted by atomic mass is 10.2. The van der Waals surface area contributed by atoms with Gasteiger partial charge >= 0.3 is 0 Å². The fraction of sp³-hybridized carbons (Fsp3) is 0.375. The molecule has 3 rings (SSSR count). The third kappa shape index (κ3) is 2.97. The molecule has 1 aromatic carbocycles. The molecule has 0 saturated carbocycles. The molecule has 20 heavy (non-hydrogen) atoms. The van der Waals surface area contributed by atoms with E-state index >= 15 is 0 Å². The van der Waals surface area contributed by atoms with Crippen LogP contribution in [0.5, 0.6) is 0 Å². The van der Waals surface area contributed by atoms with E-state index in [0.717, 1.165) is 26.3 Å². The van der Waals surface area contributed by atoms with E-state index in [-0.39, 0.29) is 0 Å². The molecule has 1 N–H and O–H groups in total. The van der Waals surface area contributed by atoms with Crippen molar-refractivity contribution in [3.05, 3.63) is 46.7 Å². The summed E-state index contributed by atoms with van der Waals surface area (Å²) < 4.78 is 5.44. The minimum absolute atomic E-state index is 0.331. The highest BCUT2D eigenvalue weighted by molar-refractivity contribution is 7.10. The first-order chi connectivity index (χ1) is 9.84. The Labute approximate surface area is 124 Å². The highest BCUT2D eigenvalue weighted by Gasteiger charge is 2.16. The van der Waals surface area contributed by atoms with Gasteiger partial charge in [-0.2, -0.15) is 0 Å². The molecule has 0 spiro atoms. The van der Waals surface area contributed by atoms with Crippen LogP contribution in [0, 0.1) is 0 Å². The van der Waals surface area contributed by atoms with Crippen LogP contribution in [0.15, 0.2) is 41.8 Å². The first kappa shape index (κ1) is 13.5. The maximum absolute atomic E-state index is 5.44. The lowest BCUT2D eigenvalue weighted by molar-refractivity contribution is 0.123. The van der Waals surface area contributed by atoms with Gasteiger partial charge in [0.2, 0.25) is 0 Å². The fourth-order valence-electron chi connectivity index (χ4n) is 2.52. The number of hydrogen-bond donors (Lipinski definition) is 1. The lowest BCUT2D eigenvalue weighted by Gasteiger charge is -2.31. The van der Waals surface area contributed by atoms with Crippen molar-refractivity contribution in [3.63, 3.8) is 0 Å². The zero-order valence-electron chi connectivity index (χ0n) is 11.7. The Morgan fingerprint density at radius 1 is 1.15 bits per heavy atom. The second kappa shape index (κ2) is 6.29. The third-order valence-corrected chi connectivity index (χ3v) is 4.65. The number of thiophene rings is 1. The molecule has 4 heteroatoms. The van der Waals surface area contributed by atoms with Crippen molar-refractivity contribution in [1.82, 2.24) is 0 Å². The van der Waals surface area contributed by atoms with Crippen molar-refractivity contribution in [1.29, 1.82) is 0 Å². The Hall–Kier alpha value is -1.52. The summed E-state index contributed by atoms with van der Waals surface area (Å²) in [7, 11) is 0. The van der Waals surface area contributed by atoms with Gasteiger partial charge in [-0.1, -0.05) is 18.2 Å². The van der Waals surface area contributed by atoms with Crippen molar-refractivity contribution < 1.29 is 4.74 Å². The predicted molar refractivity (Wildman–Crippen MR) is 85.8 cm³/mol. The summed E-state index contributed by atoms with van der Waals surface area (Å²) in [6.07, 6.45) is 0. The number of nitrogens with one attached hydrogen (secondary N) is 1. The number of para-hydroxylation sites is 2. The summed E-state index contributed by atoms with van der Waals surface area (Å²) >= 11 is 1.80. The number of morpholine rings is 1. The second-order valence-electron chi connectivity index (χ2n) is 5.00. The van der Waals surface area contributed by atoms with E-state index in [2.05, 4.69) is 58.9 Å². The molecule has 1 saturated heterocycles. The first-order valence-electron chi connectivity index (χ1n) is 7.06. The molecule has 0 bridgehead atoms. The van der Waals surface area contributed by atoms with Gasteiger partial charge in [0.25, 0.3) is 0 Å². The smallest absolute Gasteiger partial charge is 0.0642 e. The topological polar surface area (TPSA) is 24.5 Å². The standard InChI is InChI=1S/C16H20N2OS/c1-13(16-7-4-12-20-16)17-14-5-2-3-6-15(14)18-8-10-19-11-9-18/h2-7,12-13,17H,8-11H2,1H3. The second-order valence-corrected chi connectivity index (χ2v) is 5.98. The van der Waals surface area contributed by atoms with Gasteiger partial charge in [0, 0.05) is 18.0 Å². The summed E-state index contributed by atoms with van der Waals surface area (Å²) in [4.78, 5) is 3.76. The zero-order valence-corrected chi connectivity index (χ0v) is 12.5.